The normalized spacial score (nSPS) is 12.2. The van der Waals surface area contributed by atoms with Gasteiger partial charge in [-0.25, -0.2) is 65.9 Å². The minimum Gasteiger partial charge on any atom is -0.599 e. The quantitative estimate of drug-likeness (QED) is 0.0255. The van der Waals surface area contributed by atoms with E-state index in [9.17, 15) is 13.2 Å². The summed E-state index contributed by atoms with van der Waals surface area (Å²) in [5.41, 5.74) is -8.38. The van der Waals surface area contributed by atoms with Crippen LogP contribution in [-0.4, -0.2) is 11.8 Å². The van der Waals surface area contributed by atoms with Crippen LogP contribution in [-0.2, 0) is 4.76 Å². The zero-order valence-electron chi connectivity index (χ0n) is 33.4. The molecule has 19 heteroatoms. The van der Waals surface area contributed by atoms with Crippen molar-refractivity contribution in [2.45, 2.75) is 20.8 Å². The summed E-state index contributed by atoms with van der Waals surface area (Å²) in [5, 5.41) is 4.95. The molecule has 0 bridgehead atoms. The Kier molecular flexibility index (Phi) is 12.5. The van der Waals surface area contributed by atoms with Gasteiger partial charge in [-0.15, -0.1) is 0 Å². The van der Waals surface area contributed by atoms with Crippen LogP contribution in [0.3, 0.4) is 0 Å². The van der Waals surface area contributed by atoms with E-state index in [1.165, 1.54) is 50.2 Å². The molecule has 65 heavy (non-hydrogen) atoms. The van der Waals surface area contributed by atoms with Crippen LogP contribution in [0.5, 0.6) is 0 Å². The topological polar surface area (TPSA) is 21.6 Å². The predicted octanol–water partition coefficient (Wildman–Crippen LogP) is 10.0. The van der Waals surface area contributed by atoms with Crippen molar-refractivity contribution in [1.82, 2.24) is 0 Å². The second-order valence-corrected chi connectivity index (χ2v) is 18.0. The third-order valence-corrected chi connectivity index (χ3v) is 15.1. The Balaban J connectivity index is 1.85. The molecular formula is C46H26BF15NOP. The van der Waals surface area contributed by atoms with Crippen molar-refractivity contribution in [2.24, 2.45) is 5.16 Å². The molecule has 7 aromatic carbocycles. The van der Waals surface area contributed by atoms with Crippen molar-refractivity contribution in [3.63, 3.8) is 0 Å². The van der Waals surface area contributed by atoms with Crippen molar-refractivity contribution in [1.29, 1.82) is 0 Å². The summed E-state index contributed by atoms with van der Waals surface area (Å²) in [7, 11) is -4.02. The Morgan fingerprint density at radius 2 is 0.631 bits per heavy atom. The zero-order valence-corrected chi connectivity index (χ0v) is 34.3. The molecule has 0 radical (unpaired) electrons. The van der Waals surface area contributed by atoms with Crippen molar-refractivity contribution < 1.29 is 70.6 Å². The summed E-state index contributed by atoms with van der Waals surface area (Å²) in [4.78, 5) is 0. The van der Waals surface area contributed by atoms with Gasteiger partial charge in [0.05, 0.1) is 0 Å². The molecule has 0 aromatic heterocycles. The highest BCUT2D eigenvalue weighted by atomic mass is 31.2. The van der Waals surface area contributed by atoms with Crippen molar-refractivity contribution in [3.8, 4) is 0 Å². The molecule has 7 aromatic rings. The molecule has 0 aliphatic rings. The van der Waals surface area contributed by atoms with Gasteiger partial charge in [-0.3, -0.25) is 0 Å². The molecule has 0 unspecified atom stereocenters. The second-order valence-electron chi connectivity index (χ2n) is 14.7. The fourth-order valence-electron chi connectivity index (χ4n) is 8.23. The molecule has 0 aliphatic carbocycles. The number of hydrogen-bond donors (Lipinski definition) is 0. The zero-order chi connectivity index (χ0) is 47.4. The highest BCUT2D eigenvalue weighted by Gasteiger charge is 2.55. The van der Waals surface area contributed by atoms with E-state index < -0.39 is 123 Å². The lowest BCUT2D eigenvalue weighted by Crippen LogP contribution is -2.74. The molecule has 0 fully saturated rings. The molecule has 0 saturated heterocycles. The maximum atomic E-state index is 16.6. The largest absolute Gasteiger partial charge is 0.599 e. The van der Waals surface area contributed by atoms with E-state index in [4.69, 9.17) is 4.76 Å². The lowest BCUT2D eigenvalue weighted by atomic mass is 9.27. The van der Waals surface area contributed by atoms with Gasteiger partial charge in [0, 0.05) is 5.56 Å². The summed E-state index contributed by atoms with van der Waals surface area (Å²) in [5.74, 6) is -47.5. The third-order valence-electron chi connectivity index (χ3n) is 10.9. The first kappa shape index (κ1) is 46.4. The standard InChI is InChI=1S/C46H26BF15NOP/c1-21-19-22(2)27(23(3)20-21)46(65(24-13-7-4-8-14-24,25-15-9-5-10-16-25)26-17-11-6-12-18-26)63-64-47(28-31(48)37(54)43(60)38(55)32(28)49,29-33(50)39(56)44(61)40(57)34(29)51)30-35(52)41(58)45(62)42(59)36(30)53/h4-20H,1-3H3/b63-46-. The molecule has 2 nitrogen and oxygen atoms in total. The minimum atomic E-state index is -6.52. The van der Waals surface area contributed by atoms with Gasteiger partial charge in [-0.05, 0) is 68.3 Å². The van der Waals surface area contributed by atoms with Crippen LogP contribution in [0.25, 0.3) is 0 Å². The summed E-state index contributed by atoms with van der Waals surface area (Å²) < 4.78 is 242. The summed E-state index contributed by atoms with van der Waals surface area (Å²) in [6.45, 7) is 4.61. The van der Waals surface area contributed by atoms with E-state index >= 15 is 52.7 Å². The minimum absolute atomic E-state index is 0.0441. The van der Waals surface area contributed by atoms with Crippen LogP contribution in [0.4, 0.5) is 65.9 Å². The molecule has 0 saturated carbocycles. The molecule has 0 amide bonds. The molecule has 7 rings (SSSR count). The highest BCUT2D eigenvalue weighted by Crippen LogP contribution is 2.59. The molecule has 0 N–H and O–H groups in total. The Labute approximate surface area is 359 Å². The van der Waals surface area contributed by atoms with Crippen LogP contribution in [0, 0.1) is 108 Å². The molecule has 0 aliphatic heterocycles. The van der Waals surface area contributed by atoms with Crippen LogP contribution in [0.2, 0.25) is 0 Å². The average Bonchev–Trinajstić information content (AvgIpc) is 3.30. The number of halogens is 15. The van der Waals surface area contributed by atoms with Crippen molar-refractivity contribution in [2.75, 3.05) is 0 Å². The number of aryl methyl sites for hydroxylation is 3. The number of nitrogens with zero attached hydrogens (tertiary/aromatic N) is 1. The monoisotopic (exact) mass is 935 g/mol. The van der Waals surface area contributed by atoms with E-state index in [-0.39, 0.29) is 32.6 Å². The third kappa shape index (κ3) is 7.13. The van der Waals surface area contributed by atoms with Gasteiger partial charge in [0.1, 0.15) is 50.8 Å². The summed E-state index contributed by atoms with van der Waals surface area (Å²) in [6.07, 6.45) is -6.52. The van der Waals surface area contributed by atoms with Gasteiger partial charge in [-0.1, -0.05) is 93.8 Å². The summed E-state index contributed by atoms with van der Waals surface area (Å²) >= 11 is 0. The highest BCUT2D eigenvalue weighted by molar-refractivity contribution is 8.09. The Morgan fingerprint density at radius 1 is 0.385 bits per heavy atom. The SMILES string of the molecule is Cc1cc(C)c(/C(=N/O[B-](c2c(F)c(F)c(F)c(F)c2F)(c2c(F)c(F)c(F)c(F)c2F)c2c(F)c(F)c(F)c(F)c2F)[P+](c2ccccc2)(c2ccccc2)c2ccccc2)c(C)c1. The van der Waals surface area contributed by atoms with Gasteiger partial charge in [0.25, 0.3) is 6.35 Å². The van der Waals surface area contributed by atoms with Gasteiger partial charge < -0.3 is 4.76 Å². The predicted molar refractivity (Wildman–Crippen MR) is 217 cm³/mol. The van der Waals surface area contributed by atoms with E-state index in [0.29, 0.717) is 5.56 Å². The van der Waals surface area contributed by atoms with Crippen LogP contribution in [0.15, 0.2) is 108 Å². The molecule has 0 atom stereocenters. The maximum absolute atomic E-state index is 16.6. The van der Waals surface area contributed by atoms with Crippen LogP contribution >= 0.6 is 7.26 Å². The molecular weight excluding hydrogens is 909 g/mol. The first-order chi connectivity index (χ1) is 30.8. The maximum Gasteiger partial charge on any atom is 0.292 e. The Bertz CT molecular complexity index is 2690. The van der Waals surface area contributed by atoms with Gasteiger partial charge >= 0.3 is 0 Å². The van der Waals surface area contributed by atoms with Crippen LogP contribution in [0.1, 0.15) is 22.3 Å². The lowest BCUT2D eigenvalue weighted by Gasteiger charge is -2.42. The van der Waals surface area contributed by atoms with Gasteiger partial charge in [0.2, 0.25) is 5.45 Å². The Morgan fingerprint density at radius 3 is 0.892 bits per heavy atom. The molecule has 334 valence electrons. The van der Waals surface area contributed by atoms with Gasteiger partial charge in [0.15, 0.2) is 59.6 Å². The smallest absolute Gasteiger partial charge is 0.292 e. The van der Waals surface area contributed by atoms with E-state index in [0.717, 1.165) is 0 Å². The number of oxime groups is 1. The van der Waals surface area contributed by atoms with E-state index in [2.05, 4.69) is 5.16 Å². The van der Waals surface area contributed by atoms with Crippen LogP contribution < -0.4 is 32.3 Å². The fraction of sp³-hybridized carbons (Fsp3) is 0.0652. The number of benzene rings is 7. The number of hydrogen-bond acceptors (Lipinski definition) is 2. The molecule has 0 spiro atoms. The Hall–Kier alpha value is -6.55. The summed E-state index contributed by atoms with van der Waals surface area (Å²) in [6, 6.07) is 26.3. The second kappa shape index (κ2) is 17.4. The van der Waals surface area contributed by atoms with E-state index in [1.54, 1.807) is 73.7 Å². The lowest BCUT2D eigenvalue weighted by molar-refractivity contribution is 0.331. The van der Waals surface area contributed by atoms with Crippen molar-refractivity contribution in [3.05, 3.63) is 213 Å². The average molecular weight is 935 g/mol. The van der Waals surface area contributed by atoms with E-state index in [1.807, 2.05) is 0 Å². The van der Waals surface area contributed by atoms with Gasteiger partial charge in [-0.2, -0.15) is 0 Å². The fourth-order valence-corrected chi connectivity index (χ4v) is 12.6. The number of rotatable bonds is 10. The first-order valence-corrected chi connectivity index (χ1v) is 20.7. The first-order valence-electron chi connectivity index (χ1n) is 18.9. The van der Waals surface area contributed by atoms with Crippen molar-refractivity contribution >= 4 is 51.4 Å². The molecule has 0 heterocycles.